The molecule has 1 fully saturated rings. The van der Waals surface area contributed by atoms with Gasteiger partial charge in [-0.2, -0.15) is 0 Å². The van der Waals surface area contributed by atoms with Crippen LogP contribution in [0.25, 0.3) is 0 Å². The van der Waals surface area contributed by atoms with Crippen molar-refractivity contribution in [1.82, 2.24) is 4.90 Å². The number of carboxylic acid groups (broad SMARTS) is 1. The van der Waals surface area contributed by atoms with Crippen LogP contribution in [0.15, 0.2) is 0 Å². The van der Waals surface area contributed by atoms with Crippen LogP contribution in [0.2, 0.25) is 0 Å². The van der Waals surface area contributed by atoms with Gasteiger partial charge in [-0.3, -0.25) is 0 Å². The van der Waals surface area contributed by atoms with Crippen molar-refractivity contribution < 1.29 is 9.90 Å². The lowest BCUT2D eigenvalue weighted by molar-refractivity contribution is 0.143. The highest BCUT2D eigenvalue weighted by molar-refractivity contribution is 5.65. The standard InChI is InChI=1S/C6H11NO2/c1-5-3-2-4-7(5)6(8)9/h5H,2-4H2,1H3,(H,8,9)/t5-/m1/s1/i1+1,2+1,3+1,4+1,5+1,7+1. The highest BCUT2D eigenvalue weighted by Crippen LogP contribution is 2.15. The summed E-state index contributed by atoms with van der Waals surface area (Å²) in [6.07, 6.45) is 1.26. The van der Waals surface area contributed by atoms with Crippen molar-refractivity contribution in [2.75, 3.05) is 6.54 Å². The number of likely N-dealkylation sites (tertiary alicyclic amines) is 1. The van der Waals surface area contributed by atoms with Gasteiger partial charge in [-0.15, -0.1) is 0 Å². The molecule has 0 aliphatic carbocycles. The van der Waals surface area contributed by atoms with E-state index in [1.807, 2.05) is 6.92 Å². The summed E-state index contributed by atoms with van der Waals surface area (Å²) in [7, 11) is 0. The Morgan fingerprint density at radius 1 is 1.78 bits per heavy atom. The van der Waals surface area contributed by atoms with E-state index in [2.05, 4.69) is 0 Å². The number of rotatable bonds is 0. The number of hydrogen-bond donors (Lipinski definition) is 1. The van der Waals surface area contributed by atoms with Crippen LogP contribution in [-0.2, 0) is 0 Å². The minimum atomic E-state index is -0.778. The second-order valence-electron chi connectivity index (χ2n) is 2.47. The van der Waals surface area contributed by atoms with Crippen LogP contribution < -0.4 is 0 Å². The van der Waals surface area contributed by atoms with Crippen LogP contribution in [0.3, 0.4) is 0 Å². The van der Waals surface area contributed by atoms with Crippen molar-refractivity contribution in [2.45, 2.75) is 25.8 Å². The summed E-state index contributed by atoms with van der Waals surface area (Å²) in [4.78, 5) is 11.8. The lowest BCUT2D eigenvalue weighted by atomic mass is 11.2. The SMILES string of the molecule is [13CH3][13C@@H]1[13CH2][13CH2][13CH2][15N]1C(=O)O. The quantitative estimate of drug-likeness (QED) is 0.399. The van der Waals surface area contributed by atoms with Gasteiger partial charge in [0.2, 0.25) is 0 Å². The molecule has 1 atom stereocenters. The first-order chi connectivity index (χ1) is 4.22. The van der Waals surface area contributed by atoms with E-state index in [9.17, 15) is 4.79 Å². The zero-order chi connectivity index (χ0) is 6.85. The molecular weight excluding hydrogens is 124 g/mol. The smallest absolute Gasteiger partial charge is 0.407 e. The molecule has 0 unspecified atom stereocenters. The van der Waals surface area contributed by atoms with E-state index in [-0.39, 0.29) is 6.04 Å². The van der Waals surface area contributed by atoms with Crippen LogP contribution in [0, 0.1) is 0 Å². The van der Waals surface area contributed by atoms with Crippen molar-refractivity contribution in [3.63, 3.8) is 0 Å². The Balaban J connectivity index is 2.49. The average molecular weight is 135 g/mol. The molecule has 0 spiro atoms. The lowest BCUT2D eigenvalue weighted by Gasteiger charge is -2.16. The van der Waals surface area contributed by atoms with E-state index in [0.717, 1.165) is 19.4 Å². The third-order valence-corrected chi connectivity index (χ3v) is 1.80. The van der Waals surface area contributed by atoms with Gasteiger partial charge in [-0.1, -0.05) is 0 Å². The van der Waals surface area contributed by atoms with E-state index in [0.29, 0.717) is 0 Å². The molecule has 1 aliphatic heterocycles. The highest BCUT2D eigenvalue weighted by Gasteiger charge is 2.23. The number of nitrogens with zero attached hydrogens (tertiary/aromatic N) is 1. The molecular formula is C6H11NO2. The van der Waals surface area contributed by atoms with Crippen molar-refractivity contribution in [2.24, 2.45) is 0 Å². The van der Waals surface area contributed by atoms with Gasteiger partial charge in [0.1, 0.15) is 0 Å². The minimum absolute atomic E-state index is 0.238. The Labute approximate surface area is 54.3 Å². The third-order valence-electron chi connectivity index (χ3n) is 1.80. The topological polar surface area (TPSA) is 40.5 Å². The molecule has 3 heteroatoms. The second-order valence-corrected chi connectivity index (χ2v) is 2.47. The minimum Gasteiger partial charge on any atom is -0.465 e. The fourth-order valence-electron chi connectivity index (χ4n) is 1.22. The zero-order valence-corrected chi connectivity index (χ0v) is 5.50. The fraction of sp³-hybridized carbons (Fsp3) is 0.833. The average Bonchev–Trinajstić information content (AvgIpc) is 2.13. The molecule has 0 saturated carbocycles. The highest BCUT2D eigenvalue weighted by atomic mass is 16.5. The Hall–Kier alpha value is -0.730. The number of carbonyl (C=O) groups is 1. The molecule has 1 N–H and O–H groups in total. The predicted molar refractivity (Wildman–Crippen MR) is 33.4 cm³/mol. The largest absolute Gasteiger partial charge is 0.465 e. The number of hydrogen-bond acceptors (Lipinski definition) is 1. The summed E-state index contributed by atoms with van der Waals surface area (Å²) in [6.45, 7) is 2.66. The summed E-state index contributed by atoms with van der Waals surface area (Å²) in [5.41, 5.74) is 0. The predicted octanol–water partition coefficient (Wildman–Crippen LogP) is 1.15. The van der Waals surface area contributed by atoms with E-state index in [1.165, 1.54) is 4.90 Å². The first-order valence-corrected chi connectivity index (χ1v) is 3.21. The van der Waals surface area contributed by atoms with Gasteiger partial charge in [-0.25, -0.2) is 4.79 Å². The van der Waals surface area contributed by atoms with Gasteiger partial charge < -0.3 is 10.0 Å². The van der Waals surface area contributed by atoms with Crippen LogP contribution in [0.4, 0.5) is 4.79 Å². The summed E-state index contributed by atoms with van der Waals surface area (Å²) in [5, 5.41) is 8.51. The maximum Gasteiger partial charge on any atom is 0.407 e. The molecule has 1 heterocycles. The zero-order valence-electron chi connectivity index (χ0n) is 5.50. The van der Waals surface area contributed by atoms with Gasteiger partial charge >= 0.3 is 6.09 Å². The molecule has 0 aromatic carbocycles. The van der Waals surface area contributed by atoms with Crippen molar-refractivity contribution >= 4 is 6.09 Å². The van der Waals surface area contributed by atoms with Gasteiger partial charge in [0.15, 0.2) is 0 Å². The van der Waals surface area contributed by atoms with Gasteiger partial charge in [-0.05, 0) is 19.8 Å². The summed E-state index contributed by atoms with van der Waals surface area (Å²) in [6, 6.07) is 0.238. The molecule has 0 aromatic heterocycles. The number of amides is 1. The molecule has 1 saturated heterocycles. The van der Waals surface area contributed by atoms with Crippen molar-refractivity contribution in [3.05, 3.63) is 0 Å². The first-order valence-electron chi connectivity index (χ1n) is 3.21. The lowest BCUT2D eigenvalue weighted by Crippen LogP contribution is -2.31. The first kappa shape index (κ1) is 6.39. The van der Waals surface area contributed by atoms with E-state index in [4.69, 9.17) is 5.11 Å². The van der Waals surface area contributed by atoms with Crippen LogP contribution in [-0.4, -0.2) is 28.7 Å². The second kappa shape index (κ2) is 2.25. The normalized spacial score (nSPS) is 26.8. The maximum atomic E-state index is 10.3. The van der Waals surface area contributed by atoms with Gasteiger partial charge in [0.25, 0.3) is 0 Å². The Bertz CT molecular complexity index is 124. The summed E-state index contributed by atoms with van der Waals surface area (Å²) < 4.78 is 0. The molecule has 0 aromatic rings. The Morgan fingerprint density at radius 3 is 2.67 bits per heavy atom. The van der Waals surface area contributed by atoms with E-state index >= 15 is 0 Å². The Kier molecular flexibility index (Phi) is 1.60. The summed E-state index contributed by atoms with van der Waals surface area (Å²) >= 11 is 0. The van der Waals surface area contributed by atoms with E-state index in [1.54, 1.807) is 0 Å². The van der Waals surface area contributed by atoms with Gasteiger partial charge in [0.05, 0.1) is 0 Å². The molecule has 1 rings (SSSR count). The molecule has 0 bridgehead atoms. The molecule has 1 amide bonds. The Morgan fingerprint density at radius 2 is 2.44 bits per heavy atom. The molecule has 0 radical (unpaired) electrons. The molecule has 9 heavy (non-hydrogen) atoms. The van der Waals surface area contributed by atoms with Crippen molar-refractivity contribution in [3.8, 4) is 0 Å². The van der Waals surface area contributed by atoms with Crippen LogP contribution in [0.1, 0.15) is 19.8 Å². The molecule has 3 nitrogen and oxygen atoms in total. The van der Waals surface area contributed by atoms with Crippen LogP contribution >= 0.6 is 0 Å². The van der Waals surface area contributed by atoms with Crippen molar-refractivity contribution in [1.29, 1.82) is 0 Å². The fourth-order valence-corrected chi connectivity index (χ4v) is 1.22. The molecule has 52 valence electrons. The summed E-state index contributed by atoms with van der Waals surface area (Å²) in [5.74, 6) is 0. The van der Waals surface area contributed by atoms with Gasteiger partial charge in [0, 0.05) is 12.6 Å². The molecule has 1 aliphatic rings. The van der Waals surface area contributed by atoms with Crippen LogP contribution in [0.5, 0.6) is 0 Å². The monoisotopic (exact) mass is 135 g/mol. The van der Waals surface area contributed by atoms with E-state index < -0.39 is 6.09 Å². The maximum absolute atomic E-state index is 10.3. The third kappa shape index (κ3) is 1.15.